The molecule has 0 radical (unpaired) electrons. The second kappa shape index (κ2) is 6.95. The first-order valence-electron chi connectivity index (χ1n) is 7.58. The van der Waals surface area contributed by atoms with Crippen molar-refractivity contribution in [3.63, 3.8) is 0 Å². The molecular weight excluding hydrogens is 304 g/mol. The number of carbonyl (C=O) groups excluding carboxylic acids is 1. The first-order valence-corrected chi connectivity index (χ1v) is 7.58. The summed E-state index contributed by atoms with van der Waals surface area (Å²) in [6, 6.07) is 16.9. The molecule has 6 heteroatoms. The van der Waals surface area contributed by atoms with Crippen LogP contribution < -0.4 is 5.32 Å². The number of aromatic nitrogens is 2. The molecule has 0 bridgehead atoms. The monoisotopic (exact) mass is 322 g/mol. The Bertz CT molecular complexity index is 830. The summed E-state index contributed by atoms with van der Waals surface area (Å²) in [6.07, 6.45) is 0. The van der Waals surface area contributed by atoms with E-state index >= 15 is 0 Å². The highest BCUT2D eigenvalue weighted by atomic mass is 16.5. The van der Waals surface area contributed by atoms with Gasteiger partial charge >= 0.3 is 6.03 Å². The van der Waals surface area contributed by atoms with Crippen molar-refractivity contribution in [2.75, 3.05) is 12.4 Å². The van der Waals surface area contributed by atoms with Gasteiger partial charge in [-0.15, -0.1) is 0 Å². The molecule has 2 amide bonds. The third-order valence-corrected chi connectivity index (χ3v) is 3.49. The highest BCUT2D eigenvalue weighted by Gasteiger charge is 2.14. The fourth-order valence-corrected chi connectivity index (χ4v) is 2.24. The summed E-state index contributed by atoms with van der Waals surface area (Å²) in [5, 5.41) is 6.78. The number of carbonyl (C=O) groups is 1. The molecule has 0 saturated heterocycles. The number of urea groups is 1. The summed E-state index contributed by atoms with van der Waals surface area (Å²) >= 11 is 0. The highest BCUT2D eigenvalue weighted by Crippen LogP contribution is 2.17. The maximum atomic E-state index is 12.2. The summed E-state index contributed by atoms with van der Waals surface area (Å²) in [5.41, 5.74) is 2.75. The zero-order valence-electron chi connectivity index (χ0n) is 13.6. The fourth-order valence-electron chi connectivity index (χ4n) is 2.24. The number of para-hydroxylation sites is 1. The second-order valence-corrected chi connectivity index (χ2v) is 5.53. The largest absolute Gasteiger partial charge is 0.337 e. The van der Waals surface area contributed by atoms with Crippen LogP contribution in [-0.2, 0) is 6.54 Å². The van der Waals surface area contributed by atoms with Gasteiger partial charge in [0.25, 0.3) is 0 Å². The van der Waals surface area contributed by atoms with Gasteiger partial charge in [-0.1, -0.05) is 47.1 Å². The third-order valence-electron chi connectivity index (χ3n) is 3.49. The number of benzene rings is 2. The first kappa shape index (κ1) is 15.7. The Kier molecular flexibility index (Phi) is 4.56. The minimum absolute atomic E-state index is 0.234. The van der Waals surface area contributed by atoms with Crippen LogP contribution in [0, 0.1) is 6.92 Å². The molecule has 24 heavy (non-hydrogen) atoms. The molecule has 3 aromatic rings. The van der Waals surface area contributed by atoms with Gasteiger partial charge in [0.2, 0.25) is 11.7 Å². The van der Waals surface area contributed by atoms with Crippen LogP contribution in [0.1, 0.15) is 11.5 Å². The van der Waals surface area contributed by atoms with Crippen LogP contribution in [0.25, 0.3) is 11.4 Å². The predicted molar refractivity (Wildman–Crippen MR) is 91.4 cm³/mol. The number of nitrogens with one attached hydrogen (secondary N) is 1. The SMILES string of the molecule is Cc1cccc(-c2noc(CN(C)C(=O)Nc3ccccc3)n2)c1. The maximum Gasteiger partial charge on any atom is 0.322 e. The number of rotatable bonds is 4. The van der Waals surface area contributed by atoms with Crippen LogP contribution in [0.3, 0.4) is 0 Å². The van der Waals surface area contributed by atoms with Crippen LogP contribution in [0.2, 0.25) is 0 Å². The molecule has 0 saturated carbocycles. The Labute approximate surface area is 140 Å². The summed E-state index contributed by atoms with van der Waals surface area (Å²) in [5.74, 6) is 0.905. The van der Waals surface area contributed by atoms with Gasteiger partial charge in [-0.2, -0.15) is 4.98 Å². The summed E-state index contributed by atoms with van der Waals surface area (Å²) in [7, 11) is 1.68. The zero-order valence-corrected chi connectivity index (χ0v) is 13.6. The maximum absolute atomic E-state index is 12.2. The predicted octanol–water partition coefficient (Wildman–Crippen LogP) is 3.71. The van der Waals surface area contributed by atoms with Crippen LogP contribution in [-0.4, -0.2) is 28.1 Å². The normalized spacial score (nSPS) is 10.4. The molecule has 0 fully saturated rings. The minimum atomic E-state index is -0.239. The van der Waals surface area contributed by atoms with Crippen molar-refractivity contribution < 1.29 is 9.32 Å². The quantitative estimate of drug-likeness (QED) is 0.795. The van der Waals surface area contributed by atoms with Gasteiger partial charge in [-0.05, 0) is 25.1 Å². The van der Waals surface area contributed by atoms with E-state index in [1.165, 1.54) is 4.90 Å². The lowest BCUT2D eigenvalue weighted by Gasteiger charge is -2.15. The van der Waals surface area contributed by atoms with E-state index in [-0.39, 0.29) is 12.6 Å². The van der Waals surface area contributed by atoms with Crippen molar-refractivity contribution in [1.29, 1.82) is 0 Å². The van der Waals surface area contributed by atoms with Gasteiger partial charge in [0.1, 0.15) is 6.54 Å². The van der Waals surface area contributed by atoms with Crippen LogP contribution in [0.5, 0.6) is 0 Å². The summed E-state index contributed by atoms with van der Waals surface area (Å²) < 4.78 is 5.25. The van der Waals surface area contributed by atoms with Gasteiger partial charge in [-0.3, -0.25) is 0 Å². The van der Waals surface area contributed by atoms with Crippen molar-refractivity contribution in [3.8, 4) is 11.4 Å². The molecule has 1 heterocycles. The lowest BCUT2D eigenvalue weighted by molar-refractivity contribution is 0.213. The molecule has 0 aliphatic carbocycles. The molecule has 0 atom stereocenters. The molecule has 3 rings (SSSR count). The van der Waals surface area contributed by atoms with Crippen molar-refractivity contribution in [2.45, 2.75) is 13.5 Å². The van der Waals surface area contributed by atoms with Crippen molar-refractivity contribution in [2.24, 2.45) is 0 Å². The lowest BCUT2D eigenvalue weighted by atomic mass is 10.1. The number of hydrogen-bond donors (Lipinski definition) is 1. The van der Waals surface area contributed by atoms with Crippen LogP contribution in [0.4, 0.5) is 10.5 Å². The van der Waals surface area contributed by atoms with E-state index < -0.39 is 0 Å². The molecular formula is C18H18N4O2. The van der Waals surface area contributed by atoms with E-state index in [0.717, 1.165) is 16.8 Å². The van der Waals surface area contributed by atoms with Gasteiger partial charge in [0.05, 0.1) is 0 Å². The van der Waals surface area contributed by atoms with Gasteiger partial charge in [0, 0.05) is 18.3 Å². The minimum Gasteiger partial charge on any atom is -0.337 e. The summed E-state index contributed by atoms with van der Waals surface area (Å²) in [4.78, 5) is 18.0. The number of aryl methyl sites for hydroxylation is 1. The van der Waals surface area contributed by atoms with E-state index in [1.807, 2.05) is 61.5 Å². The molecule has 0 aliphatic rings. The van der Waals surface area contributed by atoms with E-state index in [4.69, 9.17) is 4.52 Å². The molecule has 0 unspecified atom stereocenters. The van der Waals surface area contributed by atoms with E-state index in [2.05, 4.69) is 15.5 Å². The standard InChI is InChI=1S/C18H18N4O2/c1-13-7-6-8-14(11-13)17-20-16(24-21-17)12-22(2)18(23)19-15-9-4-3-5-10-15/h3-11H,12H2,1-2H3,(H,19,23). The Hall–Kier alpha value is -3.15. The topological polar surface area (TPSA) is 71.3 Å². The van der Waals surface area contributed by atoms with Gasteiger partial charge in [0.15, 0.2) is 0 Å². The average molecular weight is 322 g/mol. The Balaban J connectivity index is 1.65. The second-order valence-electron chi connectivity index (χ2n) is 5.53. The number of anilines is 1. The van der Waals surface area contributed by atoms with Crippen molar-refractivity contribution in [3.05, 3.63) is 66.1 Å². The van der Waals surface area contributed by atoms with Crippen LogP contribution in [0.15, 0.2) is 59.1 Å². The van der Waals surface area contributed by atoms with E-state index in [0.29, 0.717) is 11.7 Å². The third kappa shape index (κ3) is 3.78. The molecule has 1 aromatic heterocycles. The number of amides is 2. The number of hydrogen-bond acceptors (Lipinski definition) is 4. The fraction of sp³-hybridized carbons (Fsp3) is 0.167. The Morgan fingerprint density at radius 2 is 1.96 bits per heavy atom. The zero-order chi connectivity index (χ0) is 16.9. The first-order chi connectivity index (χ1) is 11.6. The van der Waals surface area contributed by atoms with Crippen molar-refractivity contribution in [1.82, 2.24) is 15.0 Å². The van der Waals surface area contributed by atoms with Gasteiger partial charge in [-0.25, -0.2) is 4.79 Å². The molecule has 0 spiro atoms. The molecule has 2 aromatic carbocycles. The van der Waals surface area contributed by atoms with Crippen molar-refractivity contribution >= 4 is 11.7 Å². The average Bonchev–Trinajstić information content (AvgIpc) is 3.04. The van der Waals surface area contributed by atoms with Gasteiger partial charge < -0.3 is 14.7 Å². The van der Waals surface area contributed by atoms with E-state index in [1.54, 1.807) is 7.05 Å². The summed E-state index contributed by atoms with van der Waals surface area (Å²) in [6.45, 7) is 2.24. The Morgan fingerprint density at radius 1 is 1.17 bits per heavy atom. The van der Waals surface area contributed by atoms with E-state index in [9.17, 15) is 4.79 Å². The lowest BCUT2D eigenvalue weighted by Crippen LogP contribution is -2.30. The molecule has 1 N–H and O–H groups in total. The van der Waals surface area contributed by atoms with Crippen LogP contribution >= 0.6 is 0 Å². The number of nitrogens with zero attached hydrogens (tertiary/aromatic N) is 3. The molecule has 122 valence electrons. The smallest absolute Gasteiger partial charge is 0.322 e. The molecule has 0 aliphatic heterocycles. The Morgan fingerprint density at radius 3 is 2.71 bits per heavy atom. The highest BCUT2D eigenvalue weighted by molar-refractivity contribution is 5.88. The molecule has 6 nitrogen and oxygen atoms in total.